The van der Waals surface area contributed by atoms with E-state index in [1.54, 1.807) is 55.6 Å². The van der Waals surface area contributed by atoms with Crippen molar-refractivity contribution in [2.75, 3.05) is 26.1 Å². The molecule has 0 saturated heterocycles. The van der Waals surface area contributed by atoms with E-state index in [1.807, 2.05) is 32.0 Å². The zero-order valence-corrected chi connectivity index (χ0v) is 33.3. The van der Waals surface area contributed by atoms with E-state index in [9.17, 15) is 33.0 Å². The van der Waals surface area contributed by atoms with Gasteiger partial charge in [0.2, 0.25) is 0 Å². The van der Waals surface area contributed by atoms with Crippen LogP contribution in [0, 0.1) is 5.41 Å². The fourth-order valence-electron chi connectivity index (χ4n) is 8.50. The van der Waals surface area contributed by atoms with E-state index in [4.69, 9.17) is 9.47 Å². The van der Waals surface area contributed by atoms with Crippen LogP contribution in [0.4, 0.5) is 23.7 Å². The van der Waals surface area contributed by atoms with Crippen molar-refractivity contribution in [2.45, 2.75) is 89.3 Å². The summed E-state index contributed by atoms with van der Waals surface area (Å²) in [6, 6.07) is 24.3. The highest BCUT2D eigenvalue weighted by Gasteiger charge is 2.57. The molecule has 0 aliphatic heterocycles. The standard InChI is InChI=1S/C46H51F3N2O7/c1-30-6-5-24-44(2)41(39-22-10-32(26-35(52)15-7-30)27-40(39)42(53)33-11-18-36(56-3)19-12-33)23-25-45(44,55)29-51(43(54)50-34-13-20-37(57-4)21-14-34)28-31-8-16-38(17-9-31)58-46(47,48)49/h6,8-14,16-22,27,35,41,52,55H,5,7,15,23-26,28-29H2,1-4H3,(H,50,54). The van der Waals surface area contributed by atoms with E-state index in [-0.39, 0.29) is 30.5 Å². The Labute approximate surface area is 337 Å². The van der Waals surface area contributed by atoms with Crippen LogP contribution in [-0.2, 0) is 13.0 Å². The van der Waals surface area contributed by atoms with Crippen LogP contribution in [0.1, 0.15) is 90.9 Å². The lowest BCUT2D eigenvalue weighted by Gasteiger charge is -2.46. The van der Waals surface area contributed by atoms with E-state index in [1.165, 1.54) is 36.3 Å². The first-order chi connectivity index (χ1) is 27.6. The predicted molar refractivity (Wildman–Crippen MR) is 215 cm³/mol. The molecular weight excluding hydrogens is 750 g/mol. The van der Waals surface area contributed by atoms with Crippen molar-refractivity contribution in [3.05, 3.63) is 130 Å². The number of hydrogen-bond donors (Lipinski definition) is 3. The average molecular weight is 801 g/mol. The summed E-state index contributed by atoms with van der Waals surface area (Å²) in [4.78, 5) is 30.2. The third-order valence-electron chi connectivity index (χ3n) is 11.9. The molecule has 12 heteroatoms. The summed E-state index contributed by atoms with van der Waals surface area (Å²) in [5.74, 6) is 0.330. The number of alkyl halides is 3. The lowest BCUT2D eigenvalue weighted by molar-refractivity contribution is -0.274. The number of allylic oxidation sites excluding steroid dienone is 2. The van der Waals surface area contributed by atoms with E-state index < -0.39 is 29.5 Å². The van der Waals surface area contributed by atoms with Crippen molar-refractivity contribution in [3.8, 4) is 17.2 Å². The zero-order chi connectivity index (χ0) is 41.7. The molecule has 1 saturated carbocycles. The third-order valence-corrected chi connectivity index (χ3v) is 11.9. The van der Waals surface area contributed by atoms with Crippen molar-refractivity contribution >= 4 is 17.5 Å². The minimum Gasteiger partial charge on any atom is -0.497 e. The number of ketones is 1. The van der Waals surface area contributed by atoms with Crippen molar-refractivity contribution in [1.82, 2.24) is 4.90 Å². The summed E-state index contributed by atoms with van der Waals surface area (Å²) in [5.41, 5.74) is 2.38. The van der Waals surface area contributed by atoms with E-state index in [2.05, 4.69) is 16.1 Å². The molecule has 4 aromatic rings. The van der Waals surface area contributed by atoms with Gasteiger partial charge in [0.25, 0.3) is 0 Å². The van der Waals surface area contributed by atoms with Gasteiger partial charge in [-0.25, -0.2) is 4.79 Å². The molecule has 2 bridgehead atoms. The number of aliphatic hydroxyl groups is 2. The van der Waals surface area contributed by atoms with Crippen molar-refractivity contribution in [1.29, 1.82) is 0 Å². The first-order valence-electron chi connectivity index (χ1n) is 19.5. The maximum Gasteiger partial charge on any atom is 0.573 e. The first kappa shape index (κ1) is 42.3. The van der Waals surface area contributed by atoms with Crippen LogP contribution in [-0.4, -0.2) is 65.8 Å². The second kappa shape index (κ2) is 17.7. The number of hydrogen-bond acceptors (Lipinski definition) is 7. The lowest BCUT2D eigenvalue weighted by Crippen LogP contribution is -2.54. The molecule has 3 N–H and O–H groups in total. The maximum absolute atomic E-state index is 14.4. The number of ether oxygens (including phenoxy) is 3. The van der Waals surface area contributed by atoms with Gasteiger partial charge in [0, 0.05) is 28.8 Å². The van der Waals surface area contributed by atoms with Crippen LogP contribution in [0.5, 0.6) is 17.2 Å². The number of aliphatic hydroxyl groups excluding tert-OH is 1. The van der Waals surface area contributed by atoms with Gasteiger partial charge in [-0.2, -0.15) is 0 Å². The molecule has 0 spiro atoms. The molecule has 0 aromatic heterocycles. The number of benzene rings is 4. The number of halogens is 3. The van der Waals surface area contributed by atoms with Crippen LogP contribution in [0.2, 0.25) is 0 Å². The Morgan fingerprint density at radius 3 is 2.16 bits per heavy atom. The molecular formula is C46H51F3N2O7. The molecule has 0 radical (unpaired) electrons. The summed E-state index contributed by atoms with van der Waals surface area (Å²) in [7, 11) is 3.10. The summed E-state index contributed by atoms with van der Waals surface area (Å²) in [6.07, 6.45) is 0.253. The molecule has 58 heavy (non-hydrogen) atoms. The Balaban J connectivity index is 1.40. The number of nitrogens with one attached hydrogen (secondary N) is 1. The molecule has 4 atom stereocenters. The Morgan fingerprint density at radius 1 is 0.879 bits per heavy atom. The largest absolute Gasteiger partial charge is 0.573 e. The molecule has 4 unspecified atom stereocenters. The van der Waals surface area contributed by atoms with Crippen molar-refractivity contribution < 1.29 is 47.2 Å². The van der Waals surface area contributed by atoms with Crippen molar-refractivity contribution in [3.63, 3.8) is 0 Å². The fraction of sp³-hybridized carbons (Fsp3) is 0.391. The van der Waals surface area contributed by atoms with Gasteiger partial charge in [-0.1, -0.05) is 42.8 Å². The van der Waals surface area contributed by atoms with Crippen LogP contribution in [0.25, 0.3) is 0 Å². The van der Waals surface area contributed by atoms with E-state index in [0.29, 0.717) is 78.8 Å². The van der Waals surface area contributed by atoms with Crippen LogP contribution in [0.15, 0.2) is 103 Å². The molecule has 2 amide bonds. The van der Waals surface area contributed by atoms with E-state index in [0.717, 1.165) is 16.7 Å². The summed E-state index contributed by atoms with van der Waals surface area (Å²) in [5, 5.41) is 27.0. The topological polar surface area (TPSA) is 118 Å². The minimum atomic E-state index is -4.86. The summed E-state index contributed by atoms with van der Waals surface area (Å²) < 4.78 is 53.5. The normalized spacial score (nSPS) is 22.3. The summed E-state index contributed by atoms with van der Waals surface area (Å²) >= 11 is 0. The summed E-state index contributed by atoms with van der Waals surface area (Å²) in [6.45, 7) is 3.92. The Bertz CT molecular complexity index is 2090. The highest BCUT2D eigenvalue weighted by molar-refractivity contribution is 6.10. The fourth-order valence-corrected chi connectivity index (χ4v) is 8.50. The molecule has 7 rings (SSSR count). The predicted octanol–water partition coefficient (Wildman–Crippen LogP) is 9.61. The number of methoxy groups -OCH3 is 2. The number of nitrogens with zero attached hydrogens (tertiary/aromatic N) is 1. The highest BCUT2D eigenvalue weighted by Crippen LogP contribution is 2.59. The molecule has 308 valence electrons. The Morgan fingerprint density at radius 2 is 1.52 bits per heavy atom. The van der Waals surface area contributed by atoms with E-state index >= 15 is 0 Å². The SMILES string of the molecule is COc1ccc(NC(=O)N(Cc2ccc(OC(F)(F)F)cc2)CC2(O)CCC3c4ccc(cc4C(=O)c4ccc(OC)cc4)CC(O)CCC(C)=CCCC32C)cc1. The van der Waals surface area contributed by atoms with Gasteiger partial charge in [0.05, 0.1) is 32.5 Å². The number of carbonyl (C=O) groups excluding carboxylic acids is 2. The molecule has 9 nitrogen and oxygen atoms in total. The smallest absolute Gasteiger partial charge is 0.497 e. The first-order valence-corrected chi connectivity index (χ1v) is 19.5. The molecule has 4 aromatic carbocycles. The Kier molecular flexibility index (Phi) is 12.9. The number of fused-ring (bicyclic) bond motifs is 8. The quantitative estimate of drug-likeness (QED) is 0.108. The van der Waals surface area contributed by atoms with Gasteiger partial charge in [0.1, 0.15) is 17.2 Å². The number of rotatable bonds is 10. The minimum absolute atomic E-state index is 0.0332. The zero-order valence-electron chi connectivity index (χ0n) is 33.3. The average Bonchev–Trinajstić information content (AvgIpc) is 3.45. The number of carbonyl (C=O) groups is 2. The highest BCUT2D eigenvalue weighted by atomic mass is 19.4. The molecule has 3 aliphatic carbocycles. The number of anilines is 1. The molecule has 3 aliphatic rings. The molecule has 1 fully saturated rings. The Hall–Kier alpha value is -5.33. The second-order valence-corrected chi connectivity index (χ2v) is 15.7. The van der Waals surface area contributed by atoms with Gasteiger partial charge in [-0.3, -0.25) is 4.79 Å². The van der Waals surface area contributed by atoms with Gasteiger partial charge in [-0.15, -0.1) is 13.2 Å². The van der Waals surface area contributed by atoms with Gasteiger partial charge in [-0.05, 0) is 141 Å². The van der Waals surface area contributed by atoms with Crippen molar-refractivity contribution in [2.24, 2.45) is 5.41 Å². The van der Waals surface area contributed by atoms with Crippen LogP contribution in [0.3, 0.4) is 0 Å². The maximum atomic E-state index is 14.4. The van der Waals surface area contributed by atoms with Crippen LogP contribution >= 0.6 is 0 Å². The van der Waals surface area contributed by atoms with Crippen LogP contribution < -0.4 is 19.5 Å². The lowest BCUT2D eigenvalue weighted by atomic mass is 9.64. The monoisotopic (exact) mass is 800 g/mol. The van der Waals surface area contributed by atoms with Gasteiger partial charge >= 0.3 is 12.4 Å². The number of urea groups is 1. The number of amides is 2. The second-order valence-electron chi connectivity index (χ2n) is 15.7. The van der Waals surface area contributed by atoms with Gasteiger partial charge in [0.15, 0.2) is 5.78 Å². The molecule has 0 heterocycles. The van der Waals surface area contributed by atoms with Gasteiger partial charge < -0.3 is 34.6 Å². The third kappa shape index (κ3) is 9.85.